The molecule has 0 amide bonds. The number of aryl methyl sites for hydroxylation is 1. The van der Waals surface area contributed by atoms with Gasteiger partial charge in [-0.05, 0) is 26.0 Å². The number of para-hydroxylation sites is 2. The van der Waals surface area contributed by atoms with Crippen molar-refractivity contribution in [1.29, 1.82) is 0 Å². The SMILES string of the molecule is CCNC(=NCc1nc(C(F)(F)F)cs1)NCCn1c(C)nc2ccccc21.I. The molecule has 2 N–H and O–H groups in total. The van der Waals surface area contributed by atoms with Crippen LogP contribution < -0.4 is 10.6 Å². The molecule has 3 aromatic rings. The molecule has 29 heavy (non-hydrogen) atoms. The monoisotopic (exact) mass is 538 g/mol. The van der Waals surface area contributed by atoms with Gasteiger partial charge in [-0.15, -0.1) is 35.3 Å². The zero-order chi connectivity index (χ0) is 20.1. The molecule has 158 valence electrons. The van der Waals surface area contributed by atoms with Gasteiger partial charge in [0.05, 0.1) is 17.6 Å². The average molecular weight is 538 g/mol. The first-order valence-electron chi connectivity index (χ1n) is 8.84. The number of halogens is 4. The third-order valence-electron chi connectivity index (χ3n) is 4.03. The Labute approximate surface area is 187 Å². The third kappa shape index (κ3) is 6.04. The number of fused-ring (bicyclic) bond motifs is 1. The second-order valence-corrected chi connectivity index (χ2v) is 6.99. The van der Waals surface area contributed by atoms with E-state index in [9.17, 15) is 13.2 Å². The molecule has 0 aliphatic carbocycles. The summed E-state index contributed by atoms with van der Waals surface area (Å²) in [4.78, 5) is 12.5. The quantitative estimate of drug-likeness (QED) is 0.281. The predicted octanol–water partition coefficient (Wildman–Crippen LogP) is 4.19. The van der Waals surface area contributed by atoms with E-state index in [4.69, 9.17) is 0 Å². The van der Waals surface area contributed by atoms with Crippen LogP contribution in [0.4, 0.5) is 13.2 Å². The Morgan fingerprint density at radius 2 is 1.97 bits per heavy atom. The number of aromatic nitrogens is 3. The highest BCUT2D eigenvalue weighted by Crippen LogP contribution is 2.30. The van der Waals surface area contributed by atoms with Gasteiger partial charge in [-0.25, -0.2) is 15.0 Å². The van der Waals surface area contributed by atoms with Crippen LogP contribution in [0.25, 0.3) is 11.0 Å². The maximum Gasteiger partial charge on any atom is 0.434 e. The van der Waals surface area contributed by atoms with E-state index in [1.807, 2.05) is 38.1 Å². The molecule has 6 nitrogen and oxygen atoms in total. The van der Waals surface area contributed by atoms with Gasteiger partial charge < -0.3 is 15.2 Å². The summed E-state index contributed by atoms with van der Waals surface area (Å²) >= 11 is 0.956. The molecule has 0 unspecified atom stereocenters. The maximum absolute atomic E-state index is 12.6. The van der Waals surface area contributed by atoms with E-state index in [1.165, 1.54) is 0 Å². The van der Waals surface area contributed by atoms with E-state index < -0.39 is 11.9 Å². The lowest BCUT2D eigenvalue weighted by Gasteiger charge is -2.12. The summed E-state index contributed by atoms with van der Waals surface area (Å²) in [6, 6.07) is 7.93. The molecule has 3 rings (SSSR count). The van der Waals surface area contributed by atoms with Crippen LogP contribution in [0.5, 0.6) is 0 Å². The van der Waals surface area contributed by atoms with Gasteiger partial charge in [-0.1, -0.05) is 12.1 Å². The van der Waals surface area contributed by atoms with Crippen LogP contribution in [0.2, 0.25) is 0 Å². The van der Waals surface area contributed by atoms with Gasteiger partial charge in [-0.3, -0.25) is 0 Å². The molecule has 1 aromatic carbocycles. The van der Waals surface area contributed by atoms with Crippen LogP contribution in [0.3, 0.4) is 0 Å². The summed E-state index contributed by atoms with van der Waals surface area (Å²) in [6.07, 6.45) is -4.42. The topological polar surface area (TPSA) is 67.1 Å². The molecule has 2 heterocycles. The fraction of sp³-hybridized carbons (Fsp3) is 0.389. The molecule has 2 aromatic heterocycles. The smallest absolute Gasteiger partial charge is 0.357 e. The van der Waals surface area contributed by atoms with E-state index in [0.29, 0.717) is 30.6 Å². The molecule has 11 heteroatoms. The van der Waals surface area contributed by atoms with Crippen molar-refractivity contribution in [3.8, 4) is 0 Å². The highest BCUT2D eigenvalue weighted by Gasteiger charge is 2.33. The lowest BCUT2D eigenvalue weighted by molar-refractivity contribution is -0.140. The minimum atomic E-state index is -4.42. The van der Waals surface area contributed by atoms with E-state index in [2.05, 4.69) is 30.2 Å². The Morgan fingerprint density at radius 1 is 1.21 bits per heavy atom. The van der Waals surface area contributed by atoms with Crippen LogP contribution in [0.1, 0.15) is 23.4 Å². The lowest BCUT2D eigenvalue weighted by atomic mass is 10.3. The Morgan fingerprint density at radius 3 is 2.66 bits per heavy atom. The fourth-order valence-electron chi connectivity index (χ4n) is 2.77. The molecule has 0 aliphatic heterocycles. The van der Waals surface area contributed by atoms with Gasteiger partial charge in [0, 0.05) is 25.0 Å². The first-order chi connectivity index (χ1) is 13.4. The fourth-order valence-corrected chi connectivity index (χ4v) is 3.49. The lowest BCUT2D eigenvalue weighted by Crippen LogP contribution is -2.38. The molecular formula is C18H22F3IN6S. The minimum Gasteiger partial charge on any atom is -0.357 e. The van der Waals surface area contributed by atoms with Crippen molar-refractivity contribution in [3.05, 3.63) is 46.2 Å². The average Bonchev–Trinajstić information content (AvgIpc) is 3.24. The summed E-state index contributed by atoms with van der Waals surface area (Å²) in [5.74, 6) is 1.46. The van der Waals surface area contributed by atoms with Crippen molar-refractivity contribution in [2.24, 2.45) is 4.99 Å². The highest BCUT2D eigenvalue weighted by atomic mass is 127. The summed E-state index contributed by atoms with van der Waals surface area (Å²) in [5, 5.41) is 7.63. The van der Waals surface area contributed by atoms with E-state index in [-0.39, 0.29) is 30.5 Å². The van der Waals surface area contributed by atoms with Crippen molar-refractivity contribution in [3.63, 3.8) is 0 Å². The minimum absolute atomic E-state index is 0. The summed E-state index contributed by atoms with van der Waals surface area (Å²) in [6.45, 7) is 5.90. The van der Waals surface area contributed by atoms with E-state index >= 15 is 0 Å². The Kier molecular flexibility index (Phi) is 8.25. The Hall–Kier alpha value is -1.89. The van der Waals surface area contributed by atoms with Crippen molar-refractivity contribution < 1.29 is 13.2 Å². The number of aliphatic imine (C=N–C) groups is 1. The predicted molar refractivity (Wildman–Crippen MR) is 120 cm³/mol. The van der Waals surface area contributed by atoms with Gasteiger partial charge in [0.1, 0.15) is 10.8 Å². The summed E-state index contributed by atoms with van der Waals surface area (Å²) in [5.41, 5.74) is 1.14. The summed E-state index contributed by atoms with van der Waals surface area (Å²) < 4.78 is 40.0. The number of hydrogen-bond donors (Lipinski definition) is 2. The molecule has 0 aliphatic rings. The van der Waals surface area contributed by atoms with Crippen LogP contribution in [-0.4, -0.2) is 33.6 Å². The number of thiazole rings is 1. The molecule has 0 radical (unpaired) electrons. The number of nitrogens with one attached hydrogen (secondary N) is 2. The van der Waals surface area contributed by atoms with Crippen LogP contribution in [-0.2, 0) is 19.3 Å². The number of hydrogen-bond acceptors (Lipinski definition) is 4. The number of imidazole rings is 1. The van der Waals surface area contributed by atoms with Gasteiger partial charge in [-0.2, -0.15) is 13.2 Å². The normalized spacial score (nSPS) is 12.1. The second-order valence-electron chi connectivity index (χ2n) is 6.05. The van der Waals surface area contributed by atoms with Gasteiger partial charge in [0.2, 0.25) is 0 Å². The number of alkyl halides is 3. The summed E-state index contributed by atoms with van der Waals surface area (Å²) in [7, 11) is 0. The third-order valence-corrected chi connectivity index (χ3v) is 4.87. The van der Waals surface area contributed by atoms with E-state index in [1.54, 1.807) is 0 Å². The van der Waals surface area contributed by atoms with Crippen molar-refractivity contribution >= 4 is 52.3 Å². The largest absolute Gasteiger partial charge is 0.434 e. The van der Waals surface area contributed by atoms with E-state index in [0.717, 1.165) is 33.6 Å². The standard InChI is InChI=1S/C18H21F3N6S.HI/c1-3-22-17(24-10-16-26-15(11-28-16)18(19,20)21)23-8-9-27-12(2)25-13-6-4-5-7-14(13)27;/h4-7,11H,3,8-10H2,1-2H3,(H2,22,23,24);1H. The number of benzene rings is 1. The van der Waals surface area contributed by atoms with Gasteiger partial charge in [0.25, 0.3) is 0 Å². The molecular weight excluding hydrogens is 516 g/mol. The van der Waals surface area contributed by atoms with Crippen LogP contribution >= 0.6 is 35.3 Å². The highest BCUT2D eigenvalue weighted by molar-refractivity contribution is 14.0. The molecule has 0 bridgehead atoms. The number of rotatable bonds is 6. The Balaban J connectivity index is 0.00000300. The van der Waals surface area contributed by atoms with Crippen LogP contribution in [0.15, 0.2) is 34.6 Å². The molecule has 0 spiro atoms. The van der Waals surface area contributed by atoms with Crippen molar-refractivity contribution in [2.75, 3.05) is 13.1 Å². The first kappa shape index (κ1) is 23.4. The van der Waals surface area contributed by atoms with Crippen LogP contribution in [0, 0.1) is 6.92 Å². The van der Waals surface area contributed by atoms with Crippen molar-refractivity contribution in [2.45, 2.75) is 33.1 Å². The number of guanidine groups is 1. The maximum atomic E-state index is 12.6. The molecule has 0 atom stereocenters. The zero-order valence-electron chi connectivity index (χ0n) is 16.0. The number of nitrogens with zero attached hydrogens (tertiary/aromatic N) is 4. The van der Waals surface area contributed by atoms with Gasteiger partial charge in [0.15, 0.2) is 11.7 Å². The zero-order valence-corrected chi connectivity index (χ0v) is 19.1. The van der Waals surface area contributed by atoms with Crippen molar-refractivity contribution in [1.82, 2.24) is 25.2 Å². The first-order valence-corrected chi connectivity index (χ1v) is 9.72. The van der Waals surface area contributed by atoms with Gasteiger partial charge >= 0.3 is 6.18 Å². The second kappa shape index (κ2) is 10.2. The molecule has 0 saturated carbocycles. The molecule has 0 saturated heterocycles. The molecule has 0 fully saturated rings. The Bertz CT molecular complexity index is 966.